The Kier molecular flexibility index (Phi) is 19.3. The Labute approximate surface area is 478 Å². The predicted molar refractivity (Wildman–Crippen MR) is 294 cm³/mol. The molecular formula is C58H56N8O18. The average Bonchev–Trinajstić information content (AvgIpc) is 1.47. The lowest BCUT2D eigenvalue weighted by Crippen LogP contribution is -2.33. The van der Waals surface area contributed by atoms with Crippen LogP contribution in [-0.4, -0.2) is 150 Å². The molecule has 6 aromatic carbocycles. The predicted octanol–water partition coefficient (Wildman–Crippen LogP) is 7.51. The van der Waals surface area contributed by atoms with E-state index in [4.69, 9.17) is 58.4 Å². The van der Waals surface area contributed by atoms with Crippen LogP contribution in [0.2, 0.25) is 0 Å². The van der Waals surface area contributed by atoms with Crippen molar-refractivity contribution in [3.8, 4) is 46.0 Å². The minimum atomic E-state index is -1.45. The molecule has 4 heterocycles. The maximum absolute atomic E-state index is 13.2. The van der Waals surface area contributed by atoms with Gasteiger partial charge in [0.05, 0.1) is 90.4 Å². The molecule has 26 nitrogen and oxygen atoms in total. The minimum Gasteiger partial charge on any atom is -0.508 e. The average molecular weight is 1150 g/mol. The number of amides is 2. The first kappa shape index (κ1) is 59.0. The molecule has 6 N–H and O–H groups in total. The van der Waals surface area contributed by atoms with E-state index in [1.165, 1.54) is 54.6 Å². The lowest BCUT2D eigenvalue weighted by atomic mass is 9.77. The molecule has 0 atom stereocenters. The van der Waals surface area contributed by atoms with E-state index >= 15 is 0 Å². The van der Waals surface area contributed by atoms with Gasteiger partial charge in [-0.25, -0.2) is 9.59 Å². The van der Waals surface area contributed by atoms with Gasteiger partial charge in [-0.15, -0.1) is 0 Å². The van der Waals surface area contributed by atoms with Crippen molar-refractivity contribution >= 4 is 23.8 Å². The third kappa shape index (κ3) is 13.0. The second-order valence-electron chi connectivity index (χ2n) is 18.7. The maximum Gasteiger partial charge on any atom is 0.340 e. The molecule has 0 bridgehead atoms. The molecule has 0 unspecified atom stereocenters. The largest absolute Gasteiger partial charge is 0.508 e. The quantitative estimate of drug-likeness (QED) is 0.0101. The molecule has 436 valence electrons. The van der Waals surface area contributed by atoms with Gasteiger partial charge in [-0.2, -0.15) is 0 Å². The number of rotatable bonds is 26. The molecular weight excluding hydrogens is 1100 g/mol. The molecule has 0 fully saturated rings. The van der Waals surface area contributed by atoms with Gasteiger partial charge in [0.1, 0.15) is 46.0 Å². The number of aromatic hydroxyl groups is 4. The van der Waals surface area contributed by atoms with E-state index in [0.717, 1.165) is 0 Å². The fourth-order valence-corrected chi connectivity index (χ4v) is 9.75. The van der Waals surface area contributed by atoms with E-state index in [0.29, 0.717) is 105 Å². The Balaban J connectivity index is 0.000000202. The van der Waals surface area contributed by atoms with E-state index in [-0.39, 0.29) is 114 Å². The van der Waals surface area contributed by atoms with Crippen molar-refractivity contribution in [2.24, 2.45) is 10.2 Å². The summed E-state index contributed by atoms with van der Waals surface area (Å²) in [7, 11) is 0. The smallest absolute Gasteiger partial charge is 0.340 e. The molecule has 10 rings (SSSR count). The van der Waals surface area contributed by atoms with Crippen molar-refractivity contribution in [2.75, 3.05) is 105 Å². The van der Waals surface area contributed by atoms with Crippen molar-refractivity contribution in [3.05, 3.63) is 186 Å². The van der Waals surface area contributed by atoms with Crippen molar-refractivity contribution in [2.45, 2.75) is 11.2 Å². The lowest BCUT2D eigenvalue weighted by Gasteiger charge is -2.36. The molecule has 0 aliphatic carbocycles. The SMILES string of the molecule is [N-]=[N+]=NCCOCCOCCOCCNC(=O)c1ccc2c(c1)C(=O)OC21c2ccc(O)cc2Oc2cc(O)ccc21.[N-]=[N+]=NCCOCCOCCOCCNC(=O)c1ccc2c(c1)C1(OC2=O)c2ccc(O)cc2Oc2cc(O)ccc21. The summed E-state index contributed by atoms with van der Waals surface area (Å²) < 4.78 is 56.2. The lowest BCUT2D eigenvalue weighted by molar-refractivity contribution is 0.0166. The Hall–Kier alpha value is -9.62. The number of nitrogens with zero attached hydrogens (tertiary/aromatic N) is 6. The topological polar surface area (TPSA) is 363 Å². The highest BCUT2D eigenvalue weighted by molar-refractivity contribution is 6.02. The first-order valence-electron chi connectivity index (χ1n) is 26.4. The number of azide groups is 2. The van der Waals surface area contributed by atoms with Crippen molar-refractivity contribution in [1.29, 1.82) is 0 Å². The normalized spacial score (nSPS) is 13.8. The van der Waals surface area contributed by atoms with Gasteiger partial charge in [0.25, 0.3) is 11.8 Å². The molecule has 0 saturated heterocycles. The summed E-state index contributed by atoms with van der Waals surface area (Å²) in [5.41, 5.74) is 17.5. The summed E-state index contributed by atoms with van der Waals surface area (Å²) >= 11 is 0. The van der Waals surface area contributed by atoms with E-state index in [1.807, 2.05) is 0 Å². The molecule has 26 heteroatoms. The van der Waals surface area contributed by atoms with Crippen LogP contribution in [0.15, 0.2) is 119 Å². The first-order chi connectivity index (χ1) is 40.9. The summed E-state index contributed by atoms with van der Waals surface area (Å²) in [6.07, 6.45) is 0. The summed E-state index contributed by atoms with van der Waals surface area (Å²) in [4.78, 5) is 57.4. The Morgan fingerprint density at radius 2 is 0.774 bits per heavy atom. The van der Waals surface area contributed by atoms with E-state index in [1.54, 1.807) is 54.6 Å². The highest BCUT2D eigenvalue weighted by Gasteiger charge is 2.55. The van der Waals surface area contributed by atoms with Gasteiger partial charge in [-0.1, -0.05) is 16.3 Å². The van der Waals surface area contributed by atoms with Crippen molar-refractivity contribution in [1.82, 2.24) is 10.6 Å². The van der Waals surface area contributed by atoms with E-state index in [9.17, 15) is 39.6 Å². The summed E-state index contributed by atoms with van der Waals surface area (Å²) in [6.45, 7) is 5.16. The van der Waals surface area contributed by atoms with Gasteiger partial charge < -0.3 is 78.4 Å². The van der Waals surface area contributed by atoms with Gasteiger partial charge in [0, 0.05) is 105 Å². The Morgan fingerprint density at radius 1 is 0.429 bits per heavy atom. The molecule has 2 amide bonds. The van der Waals surface area contributed by atoms with Crippen LogP contribution >= 0.6 is 0 Å². The summed E-state index contributed by atoms with van der Waals surface area (Å²) in [5.74, 6) is -1.06. The number of nitrogens with one attached hydrogen (secondary N) is 2. The van der Waals surface area contributed by atoms with Crippen LogP contribution in [0.4, 0.5) is 0 Å². The number of phenolic OH excluding ortho intramolecular Hbond substituents is 4. The van der Waals surface area contributed by atoms with E-state index in [2.05, 4.69) is 30.7 Å². The minimum absolute atomic E-state index is 0.0365. The van der Waals surface area contributed by atoms with Crippen LogP contribution < -0.4 is 20.1 Å². The van der Waals surface area contributed by atoms with Crippen LogP contribution in [0.25, 0.3) is 20.9 Å². The number of carbonyl (C=O) groups excluding carboxylic acids is 4. The van der Waals surface area contributed by atoms with Gasteiger partial charge in [-0.05, 0) is 89.9 Å². The number of esters is 2. The molecule has 0 radical (unpaired) electrons. The summed E-state index contributed by atoms with van der Waals surface area (Å²) in [5, 5.41) is 52.6. The second-order valence-corrected chi connectivity index (χ2v) is 18.7. The Morgan fingerprint density at radius 3 is 1.19 bits per heavy atom. The number of fused-ring (bicyclic) bond motifs is 12. The van der Waals surface area contributed by atoms with Crippen LogP contribution in [0.1, 0.15) is 74.8 Å². The van der Waals surface area contributed by atoms with Crippen LogP contribution in [-0.2, 0) is 49.1 Å². The number of ether oxygens (including phenoxy) is 10. The van der Waals surface area contributed by atoms with Crippen LogP contribution in [0.3, 0.4) is 0 Å². The van der Waals surface area contributed by atoms with Gasteiger partial charge >= 0.3 is 11.9 Å². The zero-order valence-electron chi connectivity index (χ0n) is 44.9. The van der Waals surface area contributed by atoms with Crippen LogP contribution in [0.5, 0.6) is 46.0 Å². The first-order valence-corrected chi connectivity index (χ1v) is 26.4. The fourth-order valence-electron chi connectivity index (χ4n) is 9.75. The molecule has 2 spiro atoms. The van der Waals surface area contributed by atoms with Crippen LogP contribution in [0, 0.1) is 0 Å². The number of benzene rings is 6. The molecule has 84 heavy (non-hydrogen) atoms. The molecule has 4 aliphatic rings. The molecule has 0 saturated carbocycles. The molecule has 0 aromatic heterocycles. The highest BCUT2D eigenvalue weighted by atomic mass is 16.6. The zero-order chi connectivity index (χ0) is 59.1. The van der Waals surface area contributed by atoms with Crippen molar-refractivity contribution < 1.29 is 87.0 Å². The maximum atomic E-state index is 13.2. The Bertz CT molecular complexity index is 3430. The monoisotopic (exact) mass is 1150 g/mol. The summed E-state index contributed by atoms with van der Waals surface area (Å²) in [6, 6.07) is 27.4. The number of phenols is 4. The molecule has 4 aliphatic heterocycles. The van der Waals surface area contributed by atoms with E-state index < -0.39 is 23.1 Å². The highest BCUT2D eigenvalue weighted by Crippen LogP contribution is 2.59. The van der Waals surface area contributed by atoms with Crippen molar-refractivity contribution in [3.63, 3.8) is 0 Å². The molecule has 6 aromatic rings. The third-order valence-electron chi connectivity index (χ3n) is 13.4. The van der Waals surface area contributed by atoms with Gasteiger partial charge in [0.2, 0.25) is 0 Å². The fraction of sp³-hybridized carbons (Fsp3) is 0.310. The van der Waals surface area contributed by atoms with Gasteiger partial charge in [0.15, 0.2) is 11.2 Å². The zero-order valence-corrected chi connectivity index (χ0v) is 44.9. The standard InChI is InChI=1S/2C29H28N4O9/c30-33-32-8-10-39-12-14-40-13-11-38-9-7-31-27(36)18-1-4-22-21(15-18)28(37)42-29(22)23-5-2-19(34)16-25(23)41-26-17-20(35)3-6-24(26)29;30-33-32-8-10-39-12-14-40-13-11-38-9-7-31-27(36)18-1-4-21-24(15-18)29(42-28(21)37)22-5-2-19(34)16-25(22)41-26-17-20(35)3-6-23(26)29/h2*1-6,15-17,34-35H,7-14H2,(H,31,36). The number of hydrogen-bond donors (Lipinski definition) is 6. The second kappa shape index (κ2) is 27.4. The number of carbonyl (C=O) groups is 4. The number of hydrogen-bond acceptors (Lipinski definition) is 20. The van der Waals surface area contributed by atoms with Gasteiger partial charge in [-0.3, -0.25) is 9.59 Å². The third-order valence-corrected chi connectivity index (χ3v) is 13.4.